The number of anilines is 3. The Labute approximate surface area is 183 Å². The number of nitrogens with one attached hydrogen (secondary N) is 1. The number of carbonyl (C=O) groups is 1. The quantitative estimate of drug-likeness (QED) is 0.434. The molecule has 0 radical (unpaired) electrons. The number of aromatic nitrogens is 2. The van der Waals surface area contributed by atoms with Gasteiger partial charge in [0.05, 0.1) is 23.1 Å². The van der Waals surface area contributed by atoms with Gasteiger partial charge < -0.3 is 15.0 Å². The van der Waals surface area contributed by atoms with Crippen LogP contribution >= 0.6 is 22.9 Å². The molecule has 152 valence electrons. The topological polar surface area (TPSA) is 67.3 Å². The molecule has 0 saturated heterocycles. The summed E-state index contributed by atoms with van der Waals surface area (Å²) in [6.45, 7) is 1.91. The van der Waals surface area contributed by atoms with Crippen molar-refractivity contribution in [1.82, 2.24) is 9.97 Å². The molecule has 4 rings (SSSR count). The van der Waals surface area contributed by atoms with Gasteiger partial charge in [0.25, 0.3) is 5.91 Å². The fourth-order valence-corrected chi connectivity index (χ4v) is 4.47. The van der Waals surface area contributed by atoms with Crippen LogP contribution in [-0.4, -0.2) is 30.0 Å². The Kier molecular flexibility index (Phi) is 5.57. The molecule has 1 N–H and O–H groups in total. The zero-order chi connectivity index (χ0) is 21.3. The fraction of sp³-hybridized carbons (Fsp3) is 0.136. The molecule has 0 aliphatic heterocycles. The van der Waals surface area contributed by atoms with E-state index < -0.39 is 0 Å². The predicted octanol–water partition coefficient (Wildman–Crippen LogP) is 5.68. The monoisotopic (exact) mass is 438 g/mol. The molecule has 0 unspecified atom stereocenters. The van der Waals surface area contributed by atoms with E-state index in [2.05, 4.69) is 15.3 Å². The highest BCUT2D eigenvalue weighted by molar-refractivity contribution is 7.20. The van der Waals surface area contributed by atoms with Gasteiger partial charge in [-0.05, 0) is 42.8 Å². The highest BCUT2D eigenvalue weighted by Crippen LogP contribution is 2.37. The van der Waals surface area contributed by atoms with Crippen LogP contribution in [0.15, 0.2) is 54.9 Å². The van der Waals surface area contributed by atoms with E-state index in [0.29, 0.717) is 21.3 Å². The zero-order valence-corrected chi connectivity index (χ0v) is 18.2. The molecular weight excluding hydrogens is 420 g/mol. The van der Waals surface area contributed by atoms with Crippen molar-refractivity contribution < 1.29 is 9.53 Å². The normalized spacial score (nSPS) is 10.8. The van der Waals surface area contributed by atoms with Crippen LogP contribution in [0.25, 0.3) is 10.2 Å². The lowest BCUT2D eigenvalue weighted by Gasteiger charge is -2.19. The summed E-state index contributed by atoms with van der Waals surface area (Å²) in [5, 5.41) is 4.27. The third kappa shape index (κ3) is 3.69. The second kappa shape index (κ2) is 8.30. The average molecular weight is 439 g/mol. The number of nitrogens with zero attached hydrogens (tertiary/aromatic N) is 3. The van der Waals surface area contributed by atoms with Gasteiger partial charge in [-0.15, -0.1) is 11.3 Å². The fourth-order valence-electron chi connectivity index (χ4n) is 3.25. The Morgan fingerprint density at radius 3 is 2.67 bits per heavy atom. The van der Waals surface area contributed by atoms with Gasteiger partial charge in [0, 0.05) is 17.8 Å². The van der Waals surface area contributed by atoms with Crippen LogP contribution in [-0.2, 0) is 0 Å². The first-order chi connectivity index (χ1) is 14.5. The lowest BCUT2D eigenvalue weighted by molar-refractivity contribution is 0.102. The summed E-state index contributed by atoms with van der Waals surface area (Å²) in [4.78, 5) is 25.3. The largest absolute Gasteiger partial charge is 0.495 e. The van der Waals surface area contributed by atoms with Crippen LogP contribution in [0.4, 0.5) is 17.2 Å². The molecule has 2 heterocycles. The first-order valence-electron chi connectivity index (χ1n) is 9.17. The van der Waals surface area contributed by atoms with Crippen molar-refractivity contribution in [1.29, 1.82) is 0 Å². The number of benzene rings is 2. The van der Waals surface area contributed by atoms with Gasteiger partial charge in [0.15, 0.2) is 0 Å². The van der Waals surface area contributed by atoms with Crippen LogP contribution in [0, 0.1) is 6.92 Å². The maximum atomic E-state index is 13.1. The molecule has 0 aliphatic rings. The Hall–Kier alpha value is -3.16. The molecule has 0 atom stereocenters. The van der Waals surface area contributed by atoms with E-state index in [-0.39, 0.29) is 5.91 Å². The van der Waals surface area contributed by atoms with Gasteiger partial charge in [-0.1, -0.05) is 29.8 Å². The van der Waals surface area contributed by atoms with E-state index in [9.17, 15) is 4.79 Å². The van der Waals surface area contributed by atoms with E-state index in [1.807, 2.05) is 49.2 Å². The Morgan fingerprint density at radius 2 is 1.93 bits per heavy atom. The Morgan fingerprint density at radius 1 is 1.17 bits per heavy atom. The van der Waals surface area contributed by atoms with E-state index in [1.54, 1.807) is 25.3 Å². The van der Waals surface area contributed by atoms with Gasteiger partial charge in [-0.25, -0.2) is 9.97 Å². The number of aryl methyl sites for hydroxylation is 1. The average Bonchev–Trinajstić information content (AvgIpc) is 3.11. The highest BCUT2D eigenvalue weighted by atomic mass is 35.5. The van der Waals surface area contributed by atoms with Crippen LogP contribution in [0.5, 0.6) is 5.75 Å². The van der Waals surface area contributed by atoms with Crippen molar-refractivity contribution in [3.05, 3.63) is 70.3 Å². The zero-order valence-electron chi connectivity index (χ0n) is 16.6. The molecule has 2 aromatic carbocycles. The van der Waals surface area contributed by atoms with Crippen molar-refractivity contribution in [2.45, 2.75) is 6.92 Å². The van der Waals surface area contributed by atoms with E-state index >= 15 is 0 Å². The SMILES string of the molecule is COc1ccc(Cl)cc1NC(=O)c1sc2ncnc(N(C)c3ccccc3)c2c1C. The molecule has 2 aromatic heterocycles. The van der Waals surface area contributed by atoms with Crippen molar-refractivity contribution in [3.63, 3.8) is 0 Å². The molecule has 0 spiro atoms. The molecule has 0 aliphatic carbocycles. The Bertz CT molecular complexity index is 1230. The molecular formula is C22H19ClN4O2S. The second-order valence-electron chi connectivity index (χ2n) is 6.63. The minimum absolute atomic E-state index is 0.246. The summed E-state index contributed by atoms with van der Waals surface area (Å²) in [6, 6.07) is 15.0. The van der Waals surface area contributed by atoms with Gasteiger partial charge >= 0.3 is 0 Å². The maximum Gasteiger partial charge on any atom is 0.266 e. The molecule has 0 saturated carbocycles. The lowest BCUT2D eigenvalue weighted by Crippen LogP contribution is -2.13. The molecule has 0 fully saturated rings. The summed E-state index contributed by atoms with van der Waals surface area (Å²) >= 11 is 7.42. The first kappa shape index (κ1) is 20.1. The number of rotatable bonds is 5. The number of fused-ring (bicyclic) bond motifs is 1. The van der Waals surface area contributed by atoms with Crippen molar-refractivity contribution in [2.24, 2.45) is 0 Å². The van der Waals surface area contributed by atoms with Gasteiger partial charge in [0.2, 0.25) is 0 Å². The summed E-state index contributed by atoms with van der Waals surface area (Å²) in [5.74, 6) is 1.04. The van der Waals surface area contributed by atoms with Gasteiger partial charge in [-0.2, -0.15) is 0 Å². The number of para-hydroxylation sites is 1. The van der Waals surface area contributed by atoms with Crippen LogP contribution in [0.2, 0.25) is 5.02 Å². The van der Waals surface area contributed by atoms with Crippen LogP contribution < -0.4 is 15.0 Å². The number of amides is 1. The van der Waals surface area contributed by atoms with E-state index in [4.69, 9.17) is 16.3 Å². The number of carbonyl (C=O) groups excluding carboxylic acids is 1. The minimum Gasteiger partial charge on any atom is -0.495 e. The van der Waals surface area contributed by atoms with Gasteiger partial charge in [-0.3, -0.25) is 4.79 Å². The predicted molar refractivity (Wildman–Crippen MR) is 123 cm³/mol. The number of methoxy groups -OCH3 is 1. The molecule has 1 amide bonds. The molecule has 30 heavy (non-hydrogen) atoms. The minimum atomic E-state index is -0.246. The Balaban J connectivity index is 1.74. The number of hydrogen-bond acceptors (Lipinski definition) is 6. The molecule has 8 heteroatoms. The van der Waals surface area contributed by atoms with Crippen LogP contribution in [0.1, 0.15) is 15.2 Å². The maximum absolute atomic E-state index is 13.1. The first-order valence-corrected chi connectivity index (χ1v) is 10.4. The number of hydrogen-bond donors (Lipinski definition) is 1. The van der Waals surface area contributed by atoms with Crippen LogP contribution in [0.3, 0.4) is 0 Å². The summed E-state index contributed by atoms with van der Waals surface area (Å²) in [7, 11) is 3.50. The number of halogens is 1. The molecule has 4 aromatic rings. The number of thiophene rings is 1. The van der Waals surface area contributed by atoms with Crippen molar-refractivity contribution in [2.75, 3.05) is 24.4 Å². The molecule has 0 bridgehead atoms. The lowest BCUT2D eigenvalue weighted by atomic mass is 10.1. The summed E-state index contributed by atoms with van der Waals surface area (Å²) in [6.07, 6.45) is 1.52. The second-order valence-corrected chi connectivity index (χ2v) is 8.06. The third-order valence-corrected chi connectivity index (χ3v) is 6.22. The highest BCUT2D eigenvalue weighted by Gasteiger charge is 2.22. The third-order valence-electron chi connectivity index (χ3n) is 4.78. The molecule has 6 nitrogen and oxygen atoms in total. The van der Waals surface area contributed by atoms with E-state index in [1.165, 1.54) is 17.7 Å². The number of ether oxygens (including phenoxy) is 1. The van der Waals surface area contributed by atoms with E-state index in [0.717, 1.165) is 27.3 Å². The van der Waals surface area contributed by atoms with Crippen molar-refractivity contribution in [3.8, 4) is 5.75 Å². The summed E-state index contributed by atoms with van der Waals surface area (Å²) in [5.41, 5.74) is 2.34. The summed E-state index contributed by atoms with van der Waals surface area (Å²) < 4.78 is 5.33. The van der Waals surface area contributed by atoms with Gasteiger partial charge in [0.1, 0.15) is 22.7 Å². The standard InChI is InChI=1S/C22H19ClN4O2S/c1-13-18-20(27(2)15-7-5-4-6-8-15)24-12-25-22(18)30-19(13)21(28)26-16-11-14(23)9-10-17(16)29-3/h4-12H,1-3H3,(H,26,28). The van der Waals surface area contributed by atoms with Crippen molar-refractivity contribution >= 4 is 56.3 Å². The smallest absolute Gasteiger partial charge is 0.266 e.